The van der Waals surface area contributed by atoms with Crippen molar-refractivity contribution in [3.05, 3.63) is 83.1 Å². The fraction of sp³-hybridized carbons (Fsp3) is 0.240. The predicted octanol–water partition coefficient (Wildman–Crippen LogP) is 2.81. The molecule has 2 heterocycles. The molecule has 0 aliphatic rings. The molecular formula is C25H27Li2N3O5. The molecule has 4 rings (SSSR count). The number of nitrogens with zero attached hydrogens (tertiary/aromatic N) is 3. The van der Waals surface area contributed by atoms with Crippen molar-refractivity contribution in [1.29, 1.82) is 0 Å². The number of aliphatic hydroxyl groups is 1. The third kappa shape index (κ3) is 5.75. The van der Waals surface area contributed by atoms with E-state index in [4.69, 9.17) is 0 Å². The minimum atomic E-state index is -1.15. The number of fused-ring (bicyclic) bond motifs is 1. The molecule has 0 aliphatic carbocycles. The van der Waals surface area contributed by atoms with Gasteiger partial charge in [-0.25, -0.2) is 14.6 Å². The molecule has 10 heteroatoms. The Bertz CT molecular complexity index is 1350. The Morgan fingerprint density at radius 2 is 1.74 bits per heavy atom. The van der Waals surface area contributed by atoms with Gasteiger partial charge in [0.25, 0.3) is 0 Å². The fourth-order valence-electron chi connectivity index (χ4n) is 4.12. The zero-order chi connectivity index (χ0) is 23.5. The minimum absolute atomic E-state index is 0. The fourth-order valence-corrected chi connectivity index (χ4v) is 4.12. The molecule has 0 atom stereocenters. The second kappa shape index (κ2) is 12.3. The molecule has 8 nitrogen and oxygen atoms in total. The number of imidazole rings is 1. The molecule has 3 N–H and O–H groups in total. The molecule has 0 spiro atoms. The van der Waals surface area contributed by atoms with E-state index in [-0.39, 0.29) is 55.6 Å². The molecule has 0 radical (unpaired) electrons. The van der Waals surface area contributed by atoms with Crippen molar-refractivity contribution in [3.63, 3.8) is 0 Å². The second-order valence-electron chi connectivity index (χ2n) is 7.90. The molecule has 0 saturated carbocycles. The summed E-state index contributed by atoms with van der Waals surface area (Å²) in [6.07, 6.45) is 4.53. The molecule has 0 bridgehead atoms. The number of unbranched alkanes of at least 4 members (excludes halogenated alkanes) is 1. The number of carboxylic acid groups (broad SMARTS) is 2. The topological polar surface area (TPSA) is 118 Å². The van der Waals surface area contributed by atoms with Crippen LogP contribution in [0.2, 0.25) is 0 Å². The Balaban J connectivity index is 0.00000216. The monoisotopic (exact) mass is 463 g/mol. The van der Waals surface area contributed by atoms with E-state index >= 15 is 0 Å². The molecule has 174 valence electrons. The van der Waals surface area contributed by atoms with Crippen LogP contribution < -0.4 is 0 Å². The van der Waals surface area contributed by atoms with Gasteiger partial charge in [0.15, 0.2) is 0 Å². The van der Waals surface area contributed by atoms with E-state index in [1.54, 1.807) is 36.5 Å². The average Bonchev–Trinajstić information content (AvgIpc) is 3.38. The number of benzene rings is 2. The van der Waals surface area contributed by atoms with Gasteiger partial charge in [-0.1, -0.05) is 31.5 Å². The first-order valence-corrected chi connectivity index (χ1v) is 10.8. The van der Waals surface area contributed by atoms with Crippen molar-refractivity contribution >= 4 is 60.6 Å². The number of hydrogen-bond donors (Lipinski definition) is 3. The molecule has 2 aromatic heterocycles. The first kappa shape index (κ1) is 28.5. The number of hydrogen-bond acceptors (Lipinski definition) is 4. The van der Waals surface area contributed by atoms with E-state index in [9.17, 15) is 24.9 Å². The SMILES string of the molecule is CCCCc1ncc(CO)n1Cc1ccc2c(c1)cc(C(=O)O)n2-c1ccccc1C(=O)O.[LiH].[LiH]. The Kier molecular flexibility index (Phi) is 10.0. The molecule has 0 fully saturated rings. The normalized spacial score (nSPS) is 10.6. The van der Waals surface area contributed by atoms with E-state index in [1.807, 2.05) is 16.7 Å². The Morgan fingerprint density at radius 3 is 2.40 bits per heavy atom. The van der Waals surface area contributed by atoms with Crippen LogP contribution in [-0.4, -0.2) is 79.1 Å². The van der Waals surface area contributed by atoms with Crippen LogP contribution in [0.5, 0.6) is 0 Å². The van der Waals surface area contributed by atoms with Gasteiger partial charge in [0.2, 0.25) is 0 Å². The van der Waals surface area contributed by atoms with Gasteiger partial charge in [-0.05, 0) is 42.3 Å². The van der Waals surface area contributed by atoms with Crippen LogP contribution in [0.1, 0.15) is 57.7 Å². The van der Waals surface area contributed by atoms with Crippen molar-refractivity contribution in [2.75, 3.05) is 0 Å². The van der Waals surface area contributed by atoms with Crippen LogP contribution in [0.3, 0.4) is 0 Å². The van der Waals surface area contributed by atoms with E-state index in [0.29, 0.717) is 23.1 Å². The van der Waals surface area contributed by atoms with Crippen LogP contribution in [0, 0.1) is 0 Å². The quantitative estimate of drug-likeness (QED) is 0.329. The predicted molar refractivity (Wildman–Crippen MR) is 137 cm³/mol. The van der Waals surface area contributed by atoms with Gasteiger partial charge in [0, 0.05) is 18.4 Å². The van der Waals surface area contributed by atoms with Crippen LogP contribution in [0.15, 0.2) is 54.7 Å². The number of para-hydroxylation sites is 1. The summed E-state index contributed by atoms with van der Waals surface area (Å²) in [5.74, 6) is -1.37. The summed E-state index contributed by atoms with van der Waals surface area (Å²) in [6.45, 7) is 2.48. The van der Waals surface area contributed by atoms with E-state index in [2.05, 4.69) is 11.9 Å². The number of carboxylic acids is 2. The van der Waals surface area contributed by atoms with Crippen LogP contribution in [0.4, 0.5) is 0 Å². The summed E-state index contributed by atoms with van der Waals surface area (Å²) in [5.41, 5.74) is 2.55. The van der Waals surface area contributed by atoms with Gasteiger partial charge in [0.1, 0.15) is 11.5 Å². The molecule has 4 aromatic rings. The van der Waals surface area contributed by atoms with Gasteiger partial charge in [-0.2, -0.15) is 0 Å². The van der Waals surface area contributed by atoms with E-state index < -0.39 is 11.9 Å². The zero-order valence-corrected chi connectivity index (χ0v) is 18.2. The summed E-state index contributed by atoms with van der Waals surface area (Å²) in [4.78, 5) is 28.2. The first-order chi connectivity index (χ1) is 15.9. The van der Waals surface area contributed by atoms with Gasteiger partial charge in [0.05, 0.1) is 35.3 Å². The average molecular weight is 463 g/mol. The second-order valence-corrected chi connectivity index (χ2v) is 7.90. The van der Waals surface area contributed by atoms with Gasteiger partial charge < -0.3 is 24.5 Å². The summed E-state index contributed by atoms with van der Waals surface area (Å²) >= 11 is 0. The van der Waals surface area contributed by atoms with Crippen LogP contribution >= 0.6 is 0 Å². The standard InChI is InChI=1S/C25H25N3O5.2Li.2H/c1-2-3-8-23-26-13-18(15-29)27(23)14-16-9-10-20-17(11-16)12-22(25(32)33)28(20)21-7-5-4-6-19(21)24(30)31;;;;/h4-7,9-13,29H,2-3,8,14-15H2,1H3,(H,30,31)(H,32,33);;;;. The Hall–Kier alpha value is -2.72. The molecule has 35 heavy (non-hydrogen) atoms. The summed E-state index contributed by atoms with van der Waals surface area (Å²) < 4.78 is 3.46. The Morgan fingerprint density at radius 1 is 1.00 bits per heavy atom. The van der Waals surface area contributed by atoms with E-state index in [0.717, 1.165) is 36.3 Å². The van der Waals surface area contributed by atoms with Crippen molar-refractivity contribution in [2.24, 2.45) is 0 Å². The molecule has 2 aromatic carbocycles. The molecule has 0 saturated heterocycles. The van der Waals surface area contributed by atoms with Crippen LogP contribution in [0.25, 0.3) is 16.6 Å². The molecule has 0 aliphatic heterocycles. The summed E-state index contributed by atoms with van der Waals surface area (Å²) in [6, 6.07) is 13.5. The third-order valence-electron chi connectivity index (χ3n) is 5.74. The van der Waals surface area contributed by atoms with Crippen molar-refractivity contribution in [3.8, 4) is 5.69 Å². The maximum atomic E-state index is 12.0. The Labute approximate surface area is 227 Å². The van der Waals surface area contributed by atoms with Gasteiger partial charge in [-0.3, -0.25) is 0 Å². The van der Waals surface area contributed by atoms with Crippen molar-refractivity contribution < 1.29 is 24.9 Å². The molecule has 0 unspecified atom stereocenters. The molecule has 0 amide bonds. The number of aliphatic hydroxyl groups excluding tert-OH is 1. The zero-order valence-electron chi connectivity index (χ0n) is 18.2. The first-order valence-electron chi connectivity index (χ1n) is 10.8. The number of carbonyl (C=O) groups is 2. The van der Waals surface area contributed by atoms with Crippen LogP contribution in [-0.2, 0) is 19.6 Å². The maximum absolute atomic E-state index is 12.0. The van der Waals surface area contributed by atoms with Gasteiger partial charge >= 0.3 is 49.7 Å². The number of aryl methyl sites for hydroxylation is 1. The van der Waals surface area contributed by atoms with Gasteiger partial charge in [-0.15, -0.1) is 0 Å². The summed E-state index contributed by atoms with van der Waals surface area (Å²) in [7, 11) is 0. The summed E-state index contributed by atoms with van der Waals surface area (Å²) in [5, 5.41) is 29.8. The van der Waals surface area contributed by atoms with Crippen molar-refractivity contribution in [1.82, 2.24) is 14.1 Å². The number of rotatable bonds is 9. The molecular weight excluding hydrogens is 436 g/mol. The number of aromatic carboxylic acids is 2. The third-order valence-corrected chi connectivity index (χ3v) is 5.74. The van der Waals surface area contributed by atoms with Crippen molar-refractivity contribution in [2.45, 2.75) is 39.3 Å². The number of aromatic nitrogens is 3. The van der Waals surface area contributed by atoms with E-state index in [1.165, 1.54) is 10.6 Å².